The molecule has 7 nitrogen and oxygen atoms in total. The minimum atomic E-state index is -0.649. The molecule has 0 saturated carbocycles. The summed E-state index contributed by atoms with van der Waals surface area (Å²) in [5.41, 5.74) is 5.93. The zero-order valence-corrected chi connectivity index (χ0v) is 13.6. The van der Waals surface area contributed by atoms with Crippen molar-refractivity contribution in [1.82, 2.24) is 0 Å². The van der Waals surface area contributed by atoms with Gasteiger partial charge in [-0.15, -0.1) is 0 Å². The van der Waals surface area contributed by atoms with Gasteiger partial charge in [0.25, 0.3) is 5.91 Å². The van der Waals surface area contributed by atoms with Crippen LogP contribution in [0.3, 0.4) is 0 Å². The number of ether oxygens (including phenoxy) is 4. The summed E-state index contributed by atoms with van der Waals surface area (Å²) in [5.74, 6) is 0.896. The number of Topliss-reactive ketones (excluding diaryl/α,β-unsaturated/α-hetero) is 1. The van der Waals surface area contributed by atoms with Crippen LogP contribution < -0.4 is 24.7 Å². The van der Waals surface area contributed by atoms with Crippen LogP contribution in [0, 0.1) is 0 Å². The Morgan fingerprint density at radius 2 is 1.84 bits per heavy atom. The highest BCUT2D eigenvalue weighted by molar-refractivity contribution is 5.98. The van der Waals surface area contributed by atoms with E-state index < -0.39 is 5.91 Å². The van der Waals surface area contributed by atoms with Crippen molar-refractivity contribution >= 4 is 11.7 Å². The molecule has 0 atom stereocenters. The zero-order valence-electron chi connectivity index (χ0n) is 13.6. The Morgan fingerprint density at radius 1 is 1.08 bits per heavy atom. The van der Waals surface area contributed by atoms with Gasteiger partial charge in [0.1, 0.15) is 24.7 Å². The summed E-state index contributed by atoms with van der Waals surface area (Å²) in [7, 11) is 1.49. The Hall–Kier alpha value is -3.22. The van der Waals surface area contributed by atoms with Crippen LogP contribution in [0.15, 0.2) is 36.4 Å². The fourth-order valence-electron chi connectivity index (χ4n) is 2.40. The topological polar surface area (TPSA) is 97.1 Å². The van der Waals surface area contributed by atoms with Crippen molar-refractivity contribution in [3.05, 3.63) is 47.5 Å². The molecule has 0 saturated heterocycles. The summed E-state index contributed by atoms with van der Waals surface area (Å²) >= 11 is 0. The van der Waals surface area contributed by atoms with Gasteiger partial charge >= 0.3 is 0 Å². The minimum Gasteiger partial charge on any atom is -0.497 e. The van der Waals surface area contributed by atoms with Crippen LogP contribution in [0.2, 0.25) is 0 Å². The van der Waals surface area contributed by atoms with Crippen molar-refractivity contribution < 1.29 is 28.5 Å². The lowest BCUT2D eigenvalue weighted by atomic mass is 10.1. The van der Waals surface area contributed by atoms with Gasteiger partial charge in [0, 0.05) is 11.6 Å². The fraction of sp³-hybridized carbons (Fsp3) is 0.222. The number of amides is 1. The molecule has 1 amide bonds. The lowest BCUT2D eigenvalue weighted by molar-refractivity contribution is 0.0911. The van der Waals surface area contributed by atoms with Crippen LogP contribution in [-0.4, -0.2) is 38.6 Å². The normalized spacial score (nSPS) is 12.4. The standard InChI is InChI=1S/C18H17NO6/c1-22-12-3-4-13(18(19)21)16(9-12)25-10-14(20)11-2-5-15-17(8-11)24-7-6-23-15/h2-5,8-9H,6-7,10H2,1H3,(H2,19,21). The highest BCUT2D eigenvalue weighted by Crippen LogP contribution is 2.31. The second-order valence-electron chi connectivity index (χ2n) is 5.30. The van der Waals surface area contributed by atoms with E-state index in [2.05, 4.69) is 0 Å². The predicted molar refractivity (Wildman–Crippen MR) is 88.8 cm³/mol. The first-order valence-corrected chi connectivity index (χ1v) is 7.62. The quantitative estimate of drug-likeness (QED) is 0.804. The number of hydrogen-bond acceptors (Lipinski definition) is 6. The molecule has 2 aromatic carbocycles. The van der Waals surface area contributed by atoms with Gasteiger partial charge in [-0.1, -0.05) is 0 Å². The number of fused-ring (bicyclic) bond motifs is 1. The van der Waals surface area contributed by atoms with Gasteiger partial charge in [-0.3, -0.25) is 9.59 Å². The van der Waals surface area contributed by atoms with Crippen LogP contribution in [0.1, 0.15) is 20.7 Å². The summed E-state index contributed by atoms with van der Waals surface area (Å²) in [5, 5.41) is 0. The number of hydrogen-bond donors (Lipinski definition) is 1. The lowest BCUT2D eigenvalue weighted by Crippen LogP contribution is -2.18. The van der Waals surface area contributed by atoms with Crippen LogP contribution in [0.5, 0.6) is 23.0 Å². The average molecular weight is 343 g/mol. The van der Waals surface area contributed by atoms with E-state index >= 15 is 0 Å². The van der Waals surface area contributed by atoms with Gasteiger partial charge in [0.05, 0.1) is 12.7 Å². The maximum Gasteiger partial charge on any atom is 0.252 e. The first-order chi connectivity index (χ1) is 12.1. The molecule has 2 aromatic rings. The second-order valence-corrected chi connectivity index (χ2v) is 5.30. The molecular formula is C18H17NO6. The highest BCUT2D eigenvalue weighted by atomic mass is 16.6. The van der Waals surface area contributed by atoms with Crippen LogP contribution in [0.4, 0.5) is 0 Å². The van der Waals surface area contributed by atoms with Crippen LogP contribution in [0.25, 0.3) is 0 Å². The monoisotopic (exact) mass is 343 g/mol. The summed E-state index contributed by atoms with van der Waals surface area (Å²) in [4.78, 5) is 23.9. The summed E-state index contributed by atoms with van der Waals surface area (Å²) in [6, 6.07) is 9.53. The van der Waals surface area contributed by atoms with E-state index in [0.717, 1.165) is 0 Å². The smallest absolute Gasteiger partial charge is 0.252 e. The Morgan fingerprint density at radius 3 is 2.56 bits per heavy atom. The third kappa shape index (κ3) is 3.65. The molecule has 0 fully saturated rings. The molecule has 0 spiro atoms. The van der Waals surface area contributed by atoms with Gasteiger partial charge in [0.15, 0.2) is 23.9 Å². The fourth-order valence-corrected chi connectivity index (χ4v) is 2.40. The van der Waals surface area contributed by atoms with E-state index in [1.165, 1.54) is 19.2 Å². The molecule has 1 heterocycles. The van der Waals surface area contributed by atoms with Gasteiger partial charge < -0.3 is 24.7 Å². The maximum atomic E-state index is 12.4. The molecule has 130 valence electrons. The molecule has 0 bridgehead atoms. The third-order valence-electron chi connectivity index (χ3n) is 3.68. The molecule has 0 aromatic heterocycles. The van der Waals surface area contributed by atoms with Crippen molar-refractivity contribution in [3.63, 3.8) is 0 Å². The van der Waals surface area contributed by atoms with Gasteiger partial charge in [-0.05, 0) is 30.3 Å². The molecule has 25 heavy (non-hydrogen) atoms. The number of methoxy groups -OCH3 is 1. The van der Waals surface area contributed by atoms with Gasteiger partial charge in [-0.25, -0.2) is 0 Å². The van der Waals surface area contributed by atoms with E-state index in [1.54, 1.807) is 24.3 Å². The molecule has 0 unspecified atom stereocenters. The second kappa shape index (κ2) is 7.12. The summed E-state index contributed by atoms with van der Waals surface area (Å²) in [6.07, 6.45) is 0. The molecule has 1 aliphatic heterocycles. The Kier molecular flexibility index (Phi) is 4.74. The number of benzene rings is 2. The summed E-state index contributed by atoms with van der Waals surface area (Å²) < 4.78 is 21.5. The van der Waals surface area contributed by atoms with E-state index in [1.807, 2.05) is 0 Å². The molecule has 0 radical (unpaired) electrons. The Balaban J connectivity index is 1.75. The molecule has 1 aliphatic rings. The van der Waals surface area contributed by atoms with Crippen molar-refractivity contribution in [2.24, 2.45) is 5.73 Å². The van der Waals surface area contributed by atoms with Crippen LogP contribution in [-0.2, 0) is 0 Å². The number of carbonyl (C=O) groups excluding carboxylic acids is 2. The zero-order chi connectivity index (χ0) is 17.8. The molecule has 3 rings (SSSR count). The Labute approximate surface area is 144 Å². The SMILES string of the molecule is COc1ccc(C(N)=O)c(OCC(=O)c2ccc3c(c2)OCCO3)c1. The van der Waals surface area contributed by atoms with Crippen molar-refractivity contribution in [2.45, 2.75) is 0 Å². The maximum absolute atomic E-state index is 12.4. The summed E-state index contributed by atoms with van der Waals surface area (Å²) in [6.45, 7) is 0.662. The molecule has 7 heteroatoms. The number of carbonyl (C=O) groups is 2. The predicted octanol–water partition coefficient (Wildman–Crippen LogP) is 1.83. The third-order valence-corrected chi connectivity index (χ3v) is 3.68. The van der Waals surface area contributed by atoms with Crippen molar-refractivity contribution in [2.75, 3.05) is 26.9 Å². The van der Waals surface area contributed by atoms with E-state index in [9.17, 15) is 9.59 Å². The van der Waals surface area contributed by atoms with Gasteiger partial charge in [0.2, 0.25) is 0 Å². The average Bonchev–Trinajstić information content (AvgIpc) is 2.65. The van der Waals surface area contributed by atoms with Gasteiger partial charge in [-0.2, -0.15) is 0 Å². The van der Waals surface area contributed by atoms with Crippen molar-refractivity contribution in [1.29, 1.82) is 0 Å². The first kappa shape index (κ1) is 16.6. The number of primary amides is 1. The number of rotatable bonds is 6. The van der Waals surface area contributed by atoms with E-state index in [0.29, 0.717) is 36.0 Å². The highest BCUT2D eigenvalue weighted by Gasteiger charge is 2.17. The molecule has 2 N–H and O–H groups in total. The van der Waals surface area contributed by atoms with E-state index in [-0.39, 0.29) is 23.7 Å². The number of ketones is 1. The first-order valence-electron chi connectivity index (χ1n) is 7.62. The van der Waals surface area contributed by atoms with Crippen molar-refractivity contribution in [3.8, 4) is 23.0 Å². The van der Waals surface area contributed by atoms with Crippen LogP contribution >= 0.6 is 0 Å². The Bertz CT molecular complexity index is 817. The van der Waals surface area contributed by atoms with E-state index in [4.69, 9.17) is 24.7 Å². The number of nitrogens with two attached hydrogens (primary N) is 1. The lowest BCUT2D eigenvalue weighted by Gasteiger charge is -2.18. The largest absolute Gasteiger partial charge is 0.497 e. The molecular weight excluding hydrogens is 326 g/mol. The minimum absolute atomic E-state index is 0.177. The molecule has 0 aliphatic carbocycles.